The maximum Gasteiger partial charge on any atom is 0.254 e. The zero-order valence-electron chi connectivity index (χ0n) is 13.5. The lowest BCUT2D eigenvalue weighted by molar-refractivity contribution is -0.119. The second kappa shape index (κ2) is 7.31. The summed E-state index contributed by atoms with van der Waals surface area (Å²) >= 11 is 0. The second-order valence-corrected chi connectivity index (χ2v) is 5.86. The molecule has 1 aromatic carbocycles. The number of benzene rings is 1. The molecule has 0 unspecified atom stereocenters. The molecule has 1 fully saturated rings. The van der Waals surface area contributed by atoms with E-state index in [0.29, 0.717) is 24.3 Å². The van der Waals surface area contributed by atoms with Crippen LogP contribution >= 0.6 is 0 Å². The number of nitrogens with zero attached hydrogens (tertiary/aromatic N) is 1. The number of nitrogens with two attached hydrogens (primary N) is 1. The first-order valence-electron chi connectivity index (χ1n) is 8.12. The number of carbonyl (C=O) groups is 2. The Morgan fingerprint density at radius 1 is 1.25 bits per heavy atom. The van der Waals surface area contributed by atoms with E-state index in [9.17, 15) is 9.59 Å². The maximum atomic E-state index is 12.0. The van der Waals surface area contributed by atoms with E-state index in [1.807, 2.05) is 29.2 Å². The van der Waals surface area contributed by atoms with Gasteiger partial charge in [-0.2, -0.15) is 0 Å². The van der Waals surface area contributed by atoms with Crippen LogP contribution in [0, 0.1) is 0 Å². The van der Waals surface area contributed by atoms with Crippen molar-refractivity contribution in [1.29, 1.82) is 0 Å². The van der Waals surface area contributed by atoms with E-state index in [1.54, 1.807) is 6.07 Å². The Hall–Kier alpha value is -2.60. The van der Waals surface area contributed by atoms with Crippen molar-refractivity contribution < 1.29 is 14.0 Å². The van der Waals surface area contributed by atoms with Crippen molar-refractivity contribution in [2.75, 3.05) is 11.4 Å². The van der Waals surface area contributed by atoms with Gasteiger partial charge in [-0.05, 0) is 36.6 Å². The fourth-order valence-corrected chi connectivity index (χ4v) is 2.76. The predicted molar refractivity (Wildman–Crippen MR) is 90.4 cm³/mol. The molecule has 1 saturated heterocycles. The molecule has 2 amide bonds. The SMILES string of the molecule is NCc1cc(C(=O)NCc2ccc(N3CCCCC3=O)cc2)co1. The Morgan fingerprint density at radius 3 is 2.71 bits per heavy atom. The fourth-order valence-electron chi connectivity index (χ4n) is 2.76. The summed E-state index contributed by atoms with van der Waals surface area (Å²) in [4.78, 5) is 25.8. The zero-order valence-corrected chi connectivity index (χ0v) is 13.5. The first-order chi connectivity index (χ1) is 11.7. The van der Waals surface area contributed by atoms with Gasteiger partial charge in [0, 0.05) is 25.2 Å². The summed E-state index contributed by atoms with van der Waals surface area (Å²) < 4.78 is 5.16. The van der Waals surface area contributed by atoms with Crippen molar-refractivity contribution in [3.8, 4) is 0 Å². The van der Waals surface area contributed by atoms with Gasteiger partial charge in [0.05, 0.1) is 12.1 Å². The number of hydrogen-bond donors (Lipinski definition) is 2. The van der Waals surface area contributed by atoms with Crippen molar-refractivity contribution in [2.45, 2.75) is 32.4 Å². The minimum Gasteiger partial charge on any atom is -0.467 e. The van der Waals surface area contributed by atoms with Crippen molar-refractivity contribution in [2.24, 2.45) is 5.73 Å². The Bertz CT molecular complexity index is 721. The molecule has 6 nitrogen and oxygen atoms in total. The van der Waals surface area contributed by atoms with Crippen LogP contribution in [0.2, 0.25) is 0 Å². The summed E-state index contributed by atoms with van der Waals surface area (Å²) in [5.74, 6) is 0.558. The molecule has 1 aromatic heterocycles. The standard InChI is InChI=1S/C18H21N3O3/c19-10-16-9-14(12-24-16)18(23)20-11-13-4-6-15(7-5-13)21-8-2-1-3-17(21)22/h4-7,9,12H,1-3,8,10-11,19H2,(H,20,23). The largest absolute Gasteiger partial charge is 0.467 e. The zero-order chi connectivity index (χ0) is 16.9. The third kappa shape index (κ3) is 3.65. The Labute approximate surface area is 140 Å². The molecular formula is C18H21N3O3. The molecule has 126 valence electrons. The normalized spacial score (nSPS) is 14.7. The predicted octanol–water partition coefficient (Wildman–Crippen LogP) is 2.19. The topological polar surface area (TPSA) is 88.6 Å². The number of carbonyl (C=O) groups excluding carboxylic acids is 2. The Kier molecular flexibility index (Phi) is 4.96. The average Bonchev–Trinajstić information content (AvgIpc) is 3.10. The van der Waals surface area contributed by atoms with Crippen LogP contribution in [-0.4, -0.2) is 18.4 Å². The van der Waals surface area contributed by atoms with Gasteiger partial charge in [-0.1, -0.05) is 12.1 Å². The van der Waals surface area contributed by atoms with Crippen LogP contribution in [0.3, 0.4) is 0 Å². The van der Waals surface area contributed by atoms with Crippen molar-refractivity contribution in [1.82, 2.24) is 5.32 Å². The summed E-state index contributed by atoms with van der Waals surface area (Å²) in [7, 11) is 0. The summed E-state index contributed by atoms with van der Waals surface area (Å²) in [5.41, 5.74) is 7.81. The van der Waals surface area contributed by atoms with Crippen molar-refractivity contribution in [3.05, 3.63) is 53.5 Å². The van der Waals surface area contributed by atoms with Crippen LogP contribution in [0.1, 0.15) is 40.9 Å². The fraction of sp³-hybridized carbons (Fsp3) is 0.333. The first-order valence-corrected chi connectivity index (χ1v) is 8.12. The van der Waals surface area contributed by atoms with E-state index in [1.165, 1.54) is 6.26 Å². The summed E-state index contributed by atoms with van der Waals surface area (Å²) in [5, 5.41) is 2.84. The third-order valence-electron chi connectivity index (χ3n) is 4.14. The molecule has 1 aliphatic heterocycles. The highest BCUT2D eigenvalue weighted by Crippen LogP contribution is 2.21. The highest BCUT2D eigenvalue weighted by molar-refractivity contribution is 5.94. The smallest absolute Gasteiger partial charge is 0.254 e. The van der Waals surface area contributed by atoms with Crippen LogP contribution in [0.5, 0.6) is 0 Å². The van der Waals surface area contributed by atoms with Crippen LogP contribution in [0.4, 0.5) is 5.69 Å². The minimum atomic E-state index is -0.200. The highest BCUT2D eigenvalue weighted by atomic mass is 16.3. The number of furan rings is 1. The molecule has 0 aliphatic carbocycles. The number of piperidine rings is 1. The van der Waals surface area contributed by atoms with Gasteiger partial charge in [0.25, 0.3) is 5.91 Å². The van der Waals surface area contributed by atoms with Crippen LogP contribution in [0.15, 0.2) is 41.0 Å². The van der Waals surface area contributed by atoms with E-state index in [4.69, 9.17) is 10.2 Å². The van der Waals surface area contributed by atoms with Gasteiger partial charge >= 0.3 is 0 Å². The summed E-state index contributed by atoms with van der Waals surface area (Å²) in [6.07, 6.45) is 4.04. The molecule has 3 N–H and O–H groups in total. The van der Waals surface area contributed by atoms with Gasteiger partial charge in [-0.3, -0.25) is 9.59 Å². The van der Waals surface area contributed by atoms with Crippen LogP contribution in [0.25, 0.3) is 0 Å². The van der Waals surface area contributed by atoms with Gasteiger partial charge in [-0.15, -0.1) is 0 Å². The molecular weight excluding hydrogens is 306 g/mol. The summed E-state index contributed by atoms with van der Waals surface area (Å²) in [6, 6.07) is 9.35. The van der Waals surface area contributed by atoms with E-state index in [-0.39, 0.29) is 18.4 Å². The lowest BCUT2D eigenvalue weighted by atomic mass is 10.1. The molecule has 2 heterocycles. The monoisotopic (exact) mass is 327 g/mol. The molecule has 0 bridgehead atoms. The van der Waals surface area contributed by atoms with Crippen LogP contribution in [-0.2, 0) is 17.9 Å². The average molecular weight is 327 g/mol. The number of nitrogens with one attached hydrogen (secondary N) is 1. The number of hydrogen-bond acceptors (Lipinski definition) is 4. The molecule has 24 heavy (non-hydrogen) atoms. The Morgan fingerprint density at radius 2 is 2.04 bits per heavy atom. The van der Waals surface area contributed by atoms with Gasteiger partial charge in [0.15, 0.2) is 0 Å². The first kappa shape index (κ1) is 16.3. The minimum absolute atomic E-state index is 0.179. The molecule has 2 aromatic rings. The molecule has 0 spiro atoms. The molecule has 3 rings (SSSR count). The Balaban J connectivity index is 1.58. The van der Waals surface area contributed by atoms with Crippen molar-refractivity contribution >= 4 is 17.5 Å². The lowest BCUT2D eigenvalue weighted by Crippen LogP contribution is -2.35. The highest BCUT2D eigenvalue weighted by Gasteiger charge is 2.19. The molecule has 6 heteroatoms. The quantitative estimate of drug-likeness (QED) is 0.881. The third-order valence-corrected chi connectivity index (χ3v) is 4.14. The molecule has 0 radical (unpaired) electrons. The summed E-state index contributed by atoms with van der Waals surface area (Å²) in [6.45, 7) is 1.46. The van der Waals surface area contributed by atoms with Crippen LogP contribution < -0.4 is 16.0 Å². The van der Waals surface area contributed by atoms with Crippen molar-refractivity contribution in [3.63, 3.8) is 0 Å². The number of amides is 2. The molecule has 0 atom stereocenters. The molecule has 0 saturated carbocycles. The van der Waals surface area contributed by atoms with Gasteiger partial charge in [-0.25, -0.2) is 0 Å². The van der Waals surface area contributed by atoms with E-state index < -0.39 is 0 Å². The van der Waals surface area contributed by atoms with E-state index in [0.717, 1.165) is 30.6 Å². The van der Waals surface area contributed by atoms with E-state index in [2.05, 4.69) is 5.32 Å². The molecule has 1 aliphatic rings. The van der Waals surface area contributed by atoms with Gasteiger partial charge in [0.2, 0.25) is 5.91 Å². The van der Waals surface area contributed by atoms with Gasteiger partial charge in [0.1, 0.15) is 12.0 Å². The number of anilines is 1. The lowest BCUT2D eigenvalue weighted by Gasteiger charge is -2.26. The number of rotatable bonds is 5. The maximum absolute atomic E-state index is 12.0. The van der Waals surface area contributed by atoms with Gasteiger partial charge < -0.3 is 20.4 Å². The second-order valence-electron chi connectivity index (χ2n) is 5.86. The van der Waals surface area contributed by atoms with E-state index >= 15 is 0 Å².